The van der Waals surface area contributed by atoms with Crippen LogP contribution in [0.4, 0.5) is 0 Å². The molecule has 1 atom stereocenters. The lowest BCUT2D eigenvalue weighted by molar-refractivity contribution is 0.100. The molecular formula is C21H25N3O. The number of likely N-dealkylation sites (tertiary alicyclic amines) is 1. The van der Waals surface area contributed by atoms with Gasteiger partial charge >= 0.3 is 0 Å². The third-order valence-corrected chi connectivity index (χ3v) is 5.65. The maximum Gasteiger partial charge on any atom is 0.250 e. The van der Waals surface area contributed by atoms with E-state index in [-0.39, 0.29) is 0 Å². The molecule has 1 aliphatic carbocycles. The number of aryl methyl sites for hydroxylation is 2. The minimum atomic E-state index is -0.393. The van der Waals surface area contributed by atoms with Crippen LogP contribution in [0, 0.1) is 0 Å². The van der Waals surface area contributed by atoms with Gasteiger partial charge in [0.25, 0.3) is 5.91 Å². The van der Waals surface area contributed by atoms with E-state index in [1.54, 1.807) is 0 Å². The molecule has 4 rings (SSSR count). The largest absolute Gasteiger partial charge is 0.366 e. The van der Waals surface area contributed by atoms with Crippen molar-refractivity contribution >= 4 is 5.91 Å². The predicted octanol–water partition coefficient (Wildman–Crippen LogP) is 3.49. The topological polar surface area (TPSA) is 59.2 Å². The normalized spacial score (nSPS) is 18.3. The molecule has 4 nitrogen and oxygen atoms in total. The van der Waals surface area contributed by atoms with Crippen molar-refractivity contribution in [1.29, 1.82) is 0 Å². The Morgan fingerprint density at radius 2 is 1.96 bits per heavy atom. The zero-order valence-electron chi connectivity index (χ0n) is 14.8. The molecule has 0 radical (unpaired) electrons. The lowest BCUT2D eigenvalue weighted by Gasteiger charge is -2.24. The molecule has 1 fully saturated rings. The number of carbonyl (C=O) groups excluding carboxylic acids is 1. The molecular weight excluding hydrogens is 310 g/mol. The van der Waals surface area contributed by atoms with Gasteiger partial charge in [-0.3, -0.25) is 14.7 Å². The van der Waals surface area contributed by atoms with Gasteiger partial charge in [-0.2, -0.15) is 0 Å². The van der Waals surface area contributed by atoms with Crippen LogP contribution in [0.5, 0.6) is 0 Å². The molecule has 0 unspecified atom stereocenters. The summed E-state index contributed by atoms with van der Waals surface area (Å²) in [5, 5.41) is 0. The fraction of sp³-hybridized carbons (Fsp3) is 0.429. The Morgan fingerprint density at radius 3 is 2.72 bits per heavy atom. The van der Waals surface area contributed by atoms with Gasteiger partial charge in [0.15, 0.2) is 0 Å². The first-order chi connectivity index (χ1) is 12.1. The summed E-state index contributed by atoms with van der Waals surface area (Å²) in [6, 6.07) is 10.8. The number of hydrogen-bond donors (Lipinski definition) is 1. The standard InChI is InChI=1S/C21H25N3O/c1-14(24-10-2-3-11-24)15-6-4-8-17(12-15)20-18(21(22)25)13-16-7-5-9-19(16)23-20/h4,6,8,12-14H,2-3,5,7,9-11H2,1H3,(H2,22,25)/t14-/m0/s1. The van der Waals surface area contributed by atoms with Gasteiger partial charge in [0.2, 0.25) is 0 Å². The highest BCUT2D eigenvalue weighted by Crippen LogP contribution is 2.31. The Balaban J connectivity index is 1.75. The van der Waals surface area contributed by atoms with Crippen molar-refractivity contribution in [3.05, 3.63) is 52.7 Å². The van der Waals surface area contributed by atoms with Crippen LogP contribution in [-0.2, 0) is 12.8 Å². The van der Waals surface area contributed by atoms with E-state index in [1.807, 2.05) is 12.1 Å². The van der Waals surface area contributed by atoms with Crippen LogP contribution in [0.3, 0.4) is 0 Å². The first-order valence-electron chi connectivity index (χ1n) is 9.30. The summed E-state index contributed by atoms with van der Waals surface area (Å²) < 4.78 is 0. The van der Waals surface area contributed by atoms with E-state index in [1.165, 1.54) is 24.0 Å². The molecule has 2 heterocycles. The van der Waals surface area contributed by atoms with E-state index in [0.29, 0.717) is 11.6 Å². The van der Waals surface area contributed by atoms with E-state index in [4.69, 9.17) is 10.7 Å². The lowest BCUT2D eigenvalue weighted by Crippen LogP contribution is -2.23. The number of fused-ring (bicyclic) bond motifs is 1. The average molecular weight is 335 g/mol. The predicted molar refractivity (Wildman–Crippen MR) is 99.4 cm³/mol. The summed E-state index contributed by atoms with van der Waals surface area (Å²) in [5.41, 5.74) is 11.5. The summed E-state index contributed by atoms with van der Waals surface area (Å²) in [7, 11) is 0. The smallest absolute Gasteiger partial charge is 0.250 e. The molecule has 1 saturated heterocycles. The molecule has 4 heteroatoms. The maximum absolute atomic E-state index is 12.0. The molecule has 1 aromatic heterocycles. The van der Waals surface area contributed by atoms with Crippen LogP contribution in [0.15, 0.2) is 30.3 Å². The van der Waals surface area contributed by atoms with Crippen LogP contribution in [-0.4, -0.2) is 28.9 Å². The number of primary amides is 1. The Bertz CT molecular complexity index is 809. The monoisotopic (exact) mass is 335 g/mol. The van der Waals surface area contributed by atoms with Crippen molar-refractivity contribution in [3.8, 4) is 11.3 Å². The number of nitrogens with two attached hydrogens (primary N) is 1. The Morgan fingerprint density at radius 1 is 1.16 bits per heavy atom. The van der Waals surface area contributed by atoms with Gasteiger partial charge in [-0.25, -0.2) is 0 Å². The molecule has 1 aromatic carbocycles. The Kier molecular flexibility index (Phi) is 4.30. The molecule has 1 amide bonds. The molecule has 2 N–H and O–H groups in total. The molecule has 2 aliphatic rings. The third kappa shape index (κ3) is 3.07. The quantitative estimate of drug-likeness (QED) is 0.930. The van der Waals surface area contributed by atoms with Gasteiger partial charge in [-0.15, -0.1) is 0 Å². The number of rotatable bonds is 4. The van der Waals surface area contributed by atoms with Crippen LogP contribution >= 0.6 is 0 Å². The molecule has 2 aromatic rings. The van der Waals surface area contributed by atoms with Crippen LogP contribution in [0.1, 0.15) is 59.4 Å². The SMILES string of the molecule is C[C@@H](c1cccc(-c2nc3c(cc2C(N)=O)CCC3)c1)N1CCCC1. The van der Waals surface area contributed by atoms with Gasteiger partial charge in [0, 0.05) is 17.3 Å². The van der Waals surface area contributed by atoms with Crippen LogP contribution < -0.4 is 5.73 Å². The van der Waals surface area contributed by atoms with Crippen molar-refractivity contribution in [2.45, 2.75) is 45.1 Å². The van der Waals surface area contributed by atoms with Gasteiger partial charge in [-0.05, 0) is 75.4 Å². The summed E-state index contributed by atoms with van der Waals surface area (Å²) in [6.45, 7) is 4.58. The van der Waals surface area contributed by atoms with Crippen LogP contribution in [0.25, 0.3) is 11.3 Å². The minimum Gasteiger partial charge on any atom is -0.366 e. The van der Waals surface area contributed by atoms with Crippen molar-refractivity contribution in [2.75, 3.05) is 13.1 Å². The highest BCUT2D eigenvalue weighted by Gasteiger charge is 2.22. The maximum atomic E-state index is 12.0. The van der Waals surface area contributed by atoms with E-state index < -0.39 is 5.91 Å². The number of carbonyl (C=O) groups is 1. The molecule has 25 heavy (non-hydrogen) atoms. The number of benzene rings is 1. The lowest BCUT2D eigenvalue weighted by atomic mass is 9.98. The number of hydrogen-bond acceptors (Lipinski definition) is 3. The minimum absolute atomic E-state index is 0.383. The van der Waals surface area contributed by atoms with Crippen molar-refractivity contribution in [3.63, 3.8) is 0 Å². The molecule has 1 aliphatic heterocycles. The average Bonchev–Trinajstić information content (AvgIpc) is 3.31. The fourth-order valence-electron chi connectivity index (χ4n) is 4.17. The molecule has 130 valence electrons. The summed E-state index contributed by atoms with van der Waals surface area (Å²) in [6.07, 6.45) is 5.65. The van der Waals surface area contributed by atoms with Gasteiger partial charge in [0.05, 0.1) is 11.3 Å². The number of amides is 1. The first kappa shape index (κ1) is 16.3. The van der Waals surface area contributed by atoms with Crippen molar-refractivity contribution in [2.24, 2.45) is 5.73 Å². The number of aromatic nitrogens is 1. The van der Waals surface area contributed by atoms with Gasteiger partial charge in [-0.1, -0.05) is 18.2 Å². The second-order valence-corrected chi connectivity index (χ2v) is 7.25. The van der Waals surface area contributed by atoms with Gasteiger partial charge < -0.3 is 5.73 Å². The Labute approximate surface area is 149 Å². The number of pyridine rings is 1. The fourth-order valence-corrected chi connectivity index (χ4v) is 4.17. The van der Waals surface area contributed by atoms with Crippen LogP contribution in [0.2, 0.25) is 0 Å². The first-order valence-corrected chi connectivity index (χ1v) is 9.30. The molecule has 0 spiro atoms. The molecule has 0 saturated carbocycles. The van der Waals surface area contributed by atoms with Crippen molar-refractivity contribution in [1.82, 2.24) is 9.88 Å². The van der Waals surface area contributed by atoms with E-state index in [2.05, 4.69) is 30.0 Å². The Hall–Kier alpha value is -2.20. The number of nitrogens with zero attached hydrogens (tertiary/aromatic N) is 2. The molecule has 0 bridgehead atoms. The summed E-state index contributed by atoms with van der Waals surface area (Å²) >= 11 is 0. The zero-order valence-corrected chi connectivity index (χ0v) is 14.8. The summed E-state index contributed by atoms with van der Waals surface area (Å²) in [5.74, 6) is -0.393. The van der Waals surface area contributed by atoms with Crippen molar-refractivity contribution < 1.29 is 4.79 Å². The second kappa shape index (κ2) is 6.60. The van der Waals surface area contributed by atoms with E-state index in [0.717, 1.165) is 49.3 Å². The van der Waals surface area contributed by atoms with E-state index >= 15 is 0 Å². The second-order valence-electron chi connectivity index (χ2n) is 7.25. The third-order valence-electron chi connectivity index (χ3n) is 5.65. The van der Waals surface area contributed by atoms with Gasteiger partial charge in [0.1, 0.15) is 0 Å². The zero-order chi connectivity index (χ0) is 17.4. The highest BCUT2D eigenvalue weighted by molar-refractivity contribution is 5.99. The van der Waals surface area contributed by atoms with E-state index in [9.17, 15) is 4.79 Å². The summed E-state index contributed by atoms with van der Waals surface area (Å²) in [4.78, 5) is 19.3. The highest BCUT2D eigenvalue weighted by atomic mass is 16.1.